The lowest BCUT2D eigenvalue weighted by atomic mass is 10.4. The fourth-order valence-electron chi connectivity index (χ4n) is 1.45. The molecule has 0 bridgehead atoms. The van der Waals surface area contributed by atoms with E-state index in [1.54, 1.807) is 13.8 Å². The minimum Gasteiger partial charge on any atom is -0.480 e. The first-order valence-electron chi connectivity index (χ1n) is 5.35. The number of rotatable bonds is 5. The molecule has 1 N–H and O–H groups in total. The van der Waals surface area contributed by atoms with Gasteiger partial charge in [-0.3, -0.25) is 4.79 Å². The van der Waals surface area contributed by atoms with Crippen molar-refractivity contribution in [2.75, 3.05) is 6.54 Å². The summed E-state index contributed by atoms with van der Waals surface area (Å²) in [6, 6.07) is 3.36. The van der Waals surface area contributed by atoms with Crippen molar-refractivity contribution in [2.45, 2.75) is 24.8 Å². The van der Waals surface area contributed by atoms with E-state index in [0.717, 1.165) is 4.31 Å². The molecule has 0 saturated heterocycles. The molecule has 0 unspecified atom stereocenters. The quantitative estimate of drug-likeness (QED) is 0.902. The zero-order valence-electron chi connectivity index (χ0n) is 10.3. The van der Waals surface area contributed by atoms with Gasteiger partial charge in [0, 0.05) is 6.04 Å². The van der Waals surface area contributed by atoms with Gasteiger partial charge in [-0.15, -0.1) is 0 Å². The molecule has 0 heterocycles. The van der Waals surface area contributed by atoms with E-state index in [0.29, 0.717) is 0 Å². The highest BCUT2D eigenvalue weighted by Crippen LogP contribution is 2.27. The van der Waals surface area contributed by atoms with Gasteiger partial charge in [0.15, 0.2) is 0 Å². The van der Waals surface area contributed by atoms with Crippen LogP contribution in [0.25, 0.3) is 0 Å². The molecule has 1 aromatic carbocycles. The van der Waals surface area contributed by atoms with Crippen LogP contribution in [0.3, 0.4) is 0 Å². The zero-order valence-corrected chi connectivity index (χ0v) is 12.6. The molecule has 106 valence electrons. The van der Waals surface area contributed by atoms with E-state index in [9.17, 15) is 13.2 Å². The van der Waals surface area contributed by atoms with Gasteiger partial charge in [0.05, 0.1) is 14.9 Å². The molecule has 19 heavy (non-hydrogen) atoms. The smallest absolute Gasteiger partial charge is 0.318 e. The van der Waals surface area contributed by atoms with Crippen LogP contribution in [0.4, 0.5) is 0 Å². The summed E-state index contributed by atoms with van der Waals surface area (Å²) in [6.45, 7) is 2.58. The van der Waals surface area contributed by atoms with Gasteiger partial charge in [-0.25, -0.2) is 8.42 Å². The third-order valence-electron chi connectivity index (χ3n) is 2.36. The van der Waals surface area contributed by atoms with Crippen molar-refractivity contribution < 1.29 is 18.3 Å². The van der Waals surface area contributed by atoms with Gasteiger partial charge in [-0.2, -0.15) is 4.31 Å². The van der Waals surface area contributed by atoms with Gasteiger partial charge in [-0.05, 0) is 32.0 Å². The van der Waals surface area contributed by atoms with Crippen LogP contribution in [-0.2, 0) is 14.8 Å². The summed E-state index contributed by atoms with van der Waals surface area (Å²) < 4.78 is 25.6. The summed E-state index contributed by atoms with van der Waals surface area (Å²) in [4.78, 5) is 10.7. The third kappa shape index (κ3) is 3.82. The van der Waals surface area contributed by atoms with Crippen molar-refractivity contribution in [3.8, 4) is 0 Å². The van der Waals surface area contributed by atoms with Gasteiger partial charge in [-0.1, -0.05) is 23.2 Å². The Kier molecular flexibility index (Phi) is 5.20. The molecule has 0 aromatic heterocycles. The van der Waals surface area contributed by atoms with E-state index < -0.39 is 28.6 Å². The van der Waals surface area contributed by atoms with Gasteiger partial charge in [0.25, 0.3) is 0 Å². The highest BCUT2D eigenvalue weighted by atomic mass is 35.5. The van der Waals surface area contributed by atoms with Crippen LogP contribution < -0.4 is 0 Å². The van der Waals surface area contributed by atoms with E-state index in [1.807, 2.05) is 0 Å². The Morgan fingerprint density at radius 1 is 1.32 bits per heavy atom. The summed E-state index contributed by atoms with van der Waals surface area (Å²) in [5.41, 5.74) is 0. The van der Waals surface area contributed by atoms with E-state index >= 15 is 0 Å². The number of carboxylic acid groups (broad SMARTS) is 1. The highest BCUT2D eigenvalue weighted by molar-refractivity contribution is 7.89. The minimum absolute atomic E-state index is 0.0862. The average molecular weight is 326 g/mol. The van der Waals surface area contributed by atoms with Crippen molar-refractivity contribution in [1.82, 2.24) is 4.31 Å². The maximum absolute atomic E-state index is 12.3. The van der Waals surface area contributed by atoms with E-state index in [-0.39, 0.29) is 14.9 Å². The number of hydrogen-bond donors (Lipinski definition) is 1. The number of carbonyl (C=O) groups is 1. The largest absolute Gasteiger partial charge is 0.480 e. The summed E-state index contributed by atoms with van der Waals surface area (Å²) in [5.74, 6) is -1.22. The first-order chi connectivity index (χ1) is 8.66. The standard InChI is InChI=1S/C11H13Cl2NO4S/c1-7(2)14(6-11(15)16)19(17,18)8-3-4-9(12)10(13)5-8/h3-5,7H,6H2,1-2H3,(H,15,16). The van der Waals surface area contributed by atoms with Crippen molar-refractivity contribution in [3.05, 3.63) is 28.2 Å². The number of aliphatic carboxylic acids is 1. The fourth-order valence-corrected chi connectivity index (χ4v) is 3.43. The van der Waals surface area contributed by atoms with E-state index in [1.165, 1.54) is 18.2 Å². The van der Waals surface area contributed by atoms with Gasteiger partial charge < -0.3 is 5.11 Å². The molecule has 1 rings (SSSR count). The molecule has 8 heteroatoms. The van der Waals surface area contributed by atoms with Crippen LogP contribution in [0.5, 0.6) is 0 Å². The van der Waals surface area contributed by atoms with E-state index in [2.05, 4.69) is 0 Å². The second kappa shape index (κ2) is 6.09. The first kappa shape index (κ1) is 16.2. The Morgan fingerprint density at radius 2 is 1.89 bits per heavy atom. The number of hydrogen-bond acceptors (Lipinski definition) is 3. The monoisotopic (exact) mass is 325 g/mol. The van der Waals surface area contributed by atoms with Crippen molar-refractivity contribution in [3.63, 3.8) is 0 Å². The molecule has 0 aliphatic rings. The number of carboxylic acids is 1. The number of halogens is 2. The second-order valence-corrected chi connectivity index (χ2v) is 6.82. The highest BCUT2D eigenvalue weighted by Gasteiger charge is 2.29. The second-order valence-electron chi connectivity index (χ2n) is 4.11. The maximum atomic E-state index is 12.3. The van der Waals surface area contributed by atoms with Crippen LogP contribution >= 0.6 is 23.2 Å². The first-order valence-corrected chi connectivity index (χ1v) is 7.54. The predicted octanol–water partition coefficient (Wildman–Crippen LogP) is 2.48. The summed E-state index contributed by atoms with van der Waals surface area (Å²) in [6.07, 6.45) is 0. The lowest BCUT2D eigenvalue weighted by Crippen LogP contribution is -2.40. The Hall–Kier alpha value is -0.820. The molecule has 1 aromatic rings. The van der Waals surface area contributed by atoms with Gasteiger partial charge in [0.2, 0.25) is 10.0 Å². The molecular weight excluding hydrogens is 313 g/mol. The molecule has 5 nitrogen and oxygen atoms in total. The number of benzene rings is 1. The zero-order chi connectivity index (χ0) is 14.8. The lowest BCUT2D eigenvalue weighted by Gasteiger charge is -2.24. The number of nitrogens with zero attached hydrogens (tertiary/aromatic N) is 1. The van der Waals surface area contributed by atoms with Crippen molar-refractivity contribution in [2.24, 2.45) is 0 Å². The summed E-state index contributed by atoms with van der Waals surface area (Å²) >= 11 is 11.5. The molecule has 0 fully saturated rings. The molecule has 0 radical (unpaired) electrons. The SMILES string of the molecule is CC(C)N(CC(=O)O)S(=O)(=O)c1ccc(Cl)c(Cl)c1. The normalized spacial score (nSPS) is 12.1. The molecule has 0 saturated carbocycles. The van der Waals surface area contributed by atoms with Gasteiger partial charge in [0.1, 0.15) is 6.54 Å². The molecule has 0 atom stereocenters. The van der Waals surface area contributed by atoms with Crippen LogP contribution in [0, 0.1) is 0 Å². The molecule has 0 aliphatic carbocycles. The Bertz CT molecular complexity index is 586. The Balaban J connectivity index is 3.26. The predicted molar refractivity (Wildman–Crippen MR) is 73.1 cm³/mol. The Morgan fingerprint density at radius 3 is 2.32 bits per heavy atom. The van der Waals surface area contributed by atoms with Crippen LogP contribution in [0.1, 0.15) is 13.8 Å². The van der Waals surface area contributed by atoms with Crippen molar-refractivity contribution >= 4 is 39.2 Å². The molecule has 0 amide bonds. The average Bonchev–Trinajstić information content (AvgIpc) is 2.28. The summed E-state index contributed by atoms with van der Waals surface area (Å²) in [7, 11) is -3.93. The van der Waals surface area contributed by atoms with Crippen molar-refractivity contribution in [1.29, 1.82) is 0 Å². The van der Waals surface area contributed by atoms with Crippen LogP contribution in [0.15, 0.2) is 23.1 Å². The fraction of sp³-hybridized carbons (Fsp3) is 0.364. The van der Waals surface area contributed by atoms with Crippen LogP contribution in [-0.4, -0.2) is 36.4 Å². The molecular formula is C11H13Cl2NO4S. The maximum Gasteiger partial charge on any atom is 0.318 e. The minimum atomic E-state index is -3.93. The Labute approximate surface area is 121 Å². The summed E-state index contributed by atoms with van der Waals surface area (Å²) in [5, 5.41) is 9.12. The topological polar surface area (TPSA) is 74.7 Å². The molecule has 0 aliphatic heterocycles. The van der Waals surface area contributed by atoms with Crippen LogP contribution in [0.2, 0.25) is 10.0 Å². The lowest BCUT2D eigenvalue weighted by molar-refractivity contribution is -0.137. The molecule has 0 spiro atoms. The van der Waals surface area contributed by atoms with Gasteiger partial charge >= 0.3 is 5.97 Å². The number of sulfonamides is 1. The third-order valence-corrected chi connectivity index (χ3v) is 5.12. The van der Waals surface area contributed by atoms with E-state index in [4.69, 9.17) is 28.3 Å².